The summed E-state index contributed by atoms with van der Waals surface area (Å²) < 4.78 is 16.9. The molecule has 0 aliphatic rings. The molecule has 0 saturated heterocycles. The number of hydrogen-bond acceptors (Lipinski definition) is 5. The van der Waals surface area contributed by atoms with Gasteiger partial charge in [-0.05, 0) is 55.8 Å². The van der Waals surface area contributed by atoms with Gasteiger partial charge in [-0.15, -0.1) is 0 Å². The molecule has 0 aliphatic carbocycles. The second-order valence-corrected chi connectivity index (χ2v) is 7.28. The fraction of sp³-hybridized carbons (Fsp3) is 0.143. The Bertz CT molecular complexity index is 1020. The van der Waals surface area contributed by atoms with E-state index in [2.05, 4.69) is 15.8 Å². The van der Waals surface area contributed by atoms with Gasteiger partial charge in [0.05, 0.1) is 11.4 Å². The molecule has 3 aromatic rings. The summed E-state index contributed by atoms with van der Waals surface area (Å²) in [5, 5.41) is 0. The van der Waals surface area contributed by atoms with Crippen molar-refractivity contribution in [3.8, 4) is 17.0 Å². The molecular formula is C21H21N3O3S. The highest BCUT2D eigenvalue weighted by molar-refractivity contribution is 7.79. The zero-order valence-electron chi connectivity index (χ0n) is 15.9. The van der Waals surface area contributed by atoms with Gasteiger partial charge in [0.2, 0.25) is 11.1 Å². The number of pyridine rings is 1. The fourth-order valence-corrected chi connectivity index (χ4v) is 3.16. The fourth-order valence-electron chi connectivity index (χ4n) is 2.72. The molecule has 1 unspecified atom stereocenters. The number of aryl methyl sites for hydroxylation is 2. The maximum atomic E-state index is 12.5. The molecule has 7 heteroatoms. The van der Waals surface area contributed by atoms with E-state index >= 15 is 0 Å². The van der Waals surface area contributed by atoms with Crippen LogP contribution in [-0.2, 0) is 11.1 Å². The van der Waals surface area contributed by atoms with E-state index in [1.165, 1.54) is 6.26 Å². The van der Waals surface area contributed by atoms with Crippen molar-refractivity contribution in [1.82, 2.24) is 10.4 Å². The van der Waals surface area contributed by atoms with E-state index in [1.807, 2.05) is 56.3 Å². The van der Waals surface area contributed by atoms with E-state index in [9.17, 15) is 9.00 Å². The molecule has 0 spiro atoms. The van der Waals surface area contributed by atoms with Crippen molar-refractivity contribution in [3.05, 3.63) is 77.5 Å². The predicted molar refractivity (Wildman–Crippen MR) is 111 cm³/mol. The first-order valence-corrected chi connectivity index (χ1v) is 10.1. The van der Waals surface area contributed by atoms with Gasteiger partial charge in [-0.25, -0.2) is 4.21 Å². The lowest BCUT2D eigenvalue weighted by atomic mass is 10.1. The SMILES string of the molecule is Cc1cccc(C(=O)NNc2cc(C)c(OS(C)=O)cc2-c2ccccn2)c1. The average molecular weight is 395 g/mol. The summed E-state index contributed by atoms with van der Waals surface area (Å²) in [6.45, 7) is 3.78. The molecule has 1 amide bonds. The Morgan fingerprint density at radius 1 is 1.07 bits per heavy atom. The number of carbonyl (C=O) groups is 1. The van der Waals surface area contributed by atoms with E-state index in [0.29, 0.717) is 22.7 Å². The van der Waals surface area contributed by atoms with E-state index < -0.39 is 11.1 Å². The van der Waals surface area contributed by atoms with Gasteiger partial charge in [-0.2, -0.15) is 0 Å². The predicted octanol–water partition coefficient (Wildman–Crippen LogP) is 3.79. The Kier molecular flexibility index (Phi) is 6.06. The van der Waals surface area contributed by atoms with Crippen LogP contribution in [0.15, 0.2) is 60.8 Å². The molecule has 0 aliphatic heterocycles. The van der Waals surface area contributed by atoms with Gasteiger partial charge in [0.15, 0.2) is 0 Å². The number of aromatic nitrogens is 1. The zero-order chi connectivity index (χ0) is 20.1. The van der Waals surface area contributed by atoms with Crippen molar-refractivity contribution in [3.63, 3.8) is 0 Å². The van der Waals surface area contributed by atoms with Crippen LogP contribution in [0.4, 0.5) is 5.69 Å². The summed E-state index contributed by atoms with van der Waals surface area (Å²) in [6, 6.07) is 16.5. The van der Waals surface area contributed by atoms with Crippen LogP contribution in [0, 0.1) is 13.8 Å². The van der Waals surface area contributed by atoms with Crippen molar-refractivity contribution in [1.29, 1.82) is 0 Å². The molecule has 28 heavy (non-hydrogen) atoms. The normalized spacial score (nSPS) is 11.5. The first kappa shape index (κ1) is 19.6. The number of nitrogens with one attached hydrogen (secondary N) is 2. The molecule has 1 atom stereocenters. The smallest absolute Gasteiger partial charge is 0.269 e. The number of hydrazine groups is 1. The summed E-state index contributed by atoms with van der Waals surface area (Å²) in [4.78, 5) is 16.8. The number of rotatable bonds is 6. The molecule has 3 rings (SSSR count). The Labute approximate surface area is 166 Å². The quantitative estimate of drug-likeness (QED) is 0.621. The summed E-state index contributed by atoms with van der Waals surface area (Å²) in [5.74, 6) is 0.250. The van der Waals surface area contributed by atoms with Crippen molar-refractivity contribution in [2.75, 3.05) is 11.7 Å². The van der Waals surface area contributed by atoms with E-state index in [-0.39, 0.29) is 5.91 Å². The molecular weight excluding hydrogens is 374 g/mol. The maximum Gasteiger partial charge on any atom is 0.269 e. The average Bonchev–Trinajstić information content (AvgIpc) is 2.68. The van der Waals surface area contributed by atoms with Crippen LogP contribution in [-0.4, -0.2) is 21.4 Å². The van der Waals surface area contributed by atoms with Crippen LogP contribution >= 0.6 is 0 Å². The van der Waals surface area contributed by atoms with Gasteiger partial charge in [0.25, 0.3) is 5.91 Å². The minimum absolute atomic E-state index is 0.247. The summed E-state index contributed by atoms with van der Waals surface area (Å²) in [7, 11) is 0. The molecule has 1 aromatic heterocycles. The molecule has 0 bridgehead atoms. The van der Waals surface area contributed by atoms with Crippen molar-refractivity contribution in [2.45, 2.75) is 13.8 Å². The van der Waals surface area contributed by atoms with Crippen molar-refractivity contribution < 1.29 is 13.2 Å². The van der Waals surface area contributed by atoms with Crippen LogP contribution in [0.5, 0.6) is 5.75 Å². The zero-order valence-corrected chi connectivity index (χ0v) is 16.7. The van der Waals surface area contributed by atoms with Gasteiger partial charge in [0, 0.05) is 23.6 Å². The van der Waals surface area contributed by atoms with Crippen LogP contribution < -0.4 is 15.0 Å². The lowest BCUT2D eigenvalue weighted by molar-refractivity contribution is 0.0962. The highest BCUT2D eigenvalue weighted by Gasteiger charge is 2.14. The van der Waals surface area contributed by atoms with Gasteiger partial charge >= 0.3 is 0 Å². The third kappa shape index (κ3) is 4.75. The Hall–Kier alpha value is -3.19. The minimum Gasteiger partial charge on any atom is -0.400 e. The maximum absolute atomic E-state index is 12.5. The van der Waals surface area contributed by atoms with Crippen molar-refractivity contribution in [2.24, 2.45) is 0 Å². The first-order chi connectivity index (χ1) is 13.4. The van der Waals surface area contributed by atoms with E-state index in [4.69, 9.17) is 4.18 Å². The molecule has 2 N–H and O–H groups in total. The van der Waals surface area contributed by atoms with Gasteiger partial charge < -0.3 is 4.18 Å². The van der Waals surface area contributed by atoms with Gasteiger partial charge in [0.1, 0.15) is 5.75 Å². The number of benzene rings is 2. The van der Waals surface area contributed by atoms with Crippen LogP contribution in [0.2, 0.25) is 0 Å². The number of nitrogens with zero attached hydrogens (tertiary/aromatic N) is 1. The number of carbonyl (C=O) groups excluding carboxylic acids is 1. The van der Waals surface area contributed by atoms with Gasteiger partial charge in [-0.1, -0.05) is 23.8 Å². The van der Waals surface area contributed by atoms with Crippen molar-refractivity contribution >= 4 is 22.7 Å². The lowest BCUT2D eigenvalue weighted by Crippen LogP contribution is -2.29. The summed E-state index contributed by atoms with van der Waals surface area (Å²) >= 11 is -1.45. The number of amides is 1. The lowest BCUT2D eigenvalue weighted by Gasteiger charge is -2.16. The molecule has 0 radical (unpaired) electrons. The molecule has 6 nitrogen and oxygen atoms in total. The summed E-state index contributed by atoms with van der Waals surface area (Å²) in [6.07, 6.45) is 3.15. The van der Waals surface area contributed by atoms with E-state index in [0.717, 1.165) is 16.7 Å². The third-order valence-electron chi connectivity index (χ3n) is 4.05. The summed E-state index contributed by atoms with van der Waals surface area (Å²) in [5.41, 5.74) is 10.1. The first-order valence-electron chi connectivity index (χ1n) is 8.65. The largest absolute Gasteiger partial charge is 0.400 e. The van der Waals surface area contributed by atoms with E-state index in [1.54, 1.807) is 18.3 Å². The third-order valence-corrected chi connectivity index (χ3v) is 4.47. The minimum atomic E-state index is -1.45. The Morgan fingerprint density at radius 2 is 1.89 bits per heavy atom. The van der Waals surface area contributed by atoms with Crippen LogP contribution in [0.3, 0.4) is 0 Å². The molecule has 1 heterocycles. The van der Waals surface area contributed by atoms with Gasteiger partial charge in [-0.3, -0.25) is 20.6 Å². The van der Waals surface area contributed by atoms with Crippen LogP contribution in [0.1, 0.15) is 21.5 Å². The molecule has 144 valence electrons. The molecule has 2 aromatic carbocycles. The second-order valence-electron chi connectivity index (χ2n) is 6.31. The second kappa shape index (κ2) is 8.67. The number of anilines is 1. The van der Waals surface area contributed by atoms with Crippen LogP contribution in [0.25, 0.3) is 11.3 Å². The molecule has 0 fully saturated rings. The Balaban J connectivity index is 1.92. The monoisotopic (exact) mass is 395 g/mol. The highest BCUT2D eigenvalue weighted by atomic mass is 32.2. The molecule has 0 saturated carbocycles. The Morgan fingerprint density at radius 3 is 2.57 bits per heavy atom. The standard InChI is InChI=1S/C21H21N3O3S/c1-14-7-6-8-16(11-14)21(25)24-23-19-12-15(2)20(27-28(3)26)13-17(19)18-9-4-5-10-22-18/h4-13,23H,1-3H3,(H,24,25). The highest BCUT2D eigenvalue weighted by Crippen LogP contribution is 2.33. The number of hydrogen-bond donors (Lipinski definition) is 2. The topological polar surface area (TPSA) is 80.3 Å².